The molecule has 0 saturated carbocycles. The fourth-order valence-electron chi connectivity index (χ4n) is 2.28. The molecule has 1 atom stereocenters. The van der Waals surface area contributed by atoms with Crippen molar-refractivity contribution in [3.63, 3.8) is 0 Å². The number of benzene rings is 2. The molecule has 1 aromatic heterocycles. The number of carboxylic acids is 1. The summed E-state index contributed by atoms with van der Waals surface area (Å²) in [5.41, 5.74) is 0.599. The van der Waals surface area contributed by atoms with Crippen LogP contribution in [0.2, 0.25) is 0 Å². The van der Waals surface area contributed by atoms with E-state index in [-0.39, 0.29) is 11.4 Å². The minimum absolute atomic E-state index is 0.107. The summed E-state index contributed by atoms with van der Waals surface area (Å²) in [6.45, 7) is 0. The molecule has 0 aliphatic heterocycles. The number of aliphatic hydroxyl groups excluding tert-OH is 1. The van der Waals surface area contributed by atoms with Gasteiger partial charge in [0.1, 0.15) is 6.10 Å². The minimum atomic E-state index is -1.09. The van der Waals surface area contributed by atoms with Gasteiger partial charge in [0.05, 0.1) is 11.3 Å². The van der Waals surface area contributed by atoms with Crippen LogP contribution in [0.15, 0.2) is 59.4 Å². The average Bonchev–Trinajstić information content (AvgIpc) is 2.96. The van der Waals surface area contributed by atoms with Gasteiger partial charge in [-0.05, 0) is 29.8 Å². The van der Waals surface area contributed by atoms with Gasteiger partial charge < -0.3 is 10.2 Å². The molecule has 2 aromatic carbocycles. The lowest BCUT2D eigenvalue weighted by molar-refractivity contribution is 0.0697. The van der Waals surface area contributed by atoms with E-state index < -0.39 is 17.8 Å². The van der Waals surface area contributed by atoms with Gasteiger partial charge in [-0.2, -0.15) is 5.10 Å². The van der Waals surface area contributed by atoms with Crippen LogP contribution in [0.5, 0.6) is 0 Å². The van der Waals surface area contributed by atoms with Crippen LogP contribution in [-0.2, 0) is 0 Å². The number of aromatic amines is 1. The maximum Gasteiger partial charge on any atom is 0.348 e. The van der Waals surface area contributed by atoms with E-state index in [1.165, 1.54) is 28.8 Å². The Balaban J connectivity index is 2.05. The van der Waals surface area contributed by atoms with Gasteiger partial charge in [0.25, 0.3) is 0 Å². The number of hydrogen-bond acceptors (Lipinski definition) is 4. The molecule has 0 aliphatic carbocycles. The molecule has 0 aliphatic rings. The summed E-state index contributed by atoms with van der Waals surface area (Å²) in [7, 11) is 0. The Morgan fingerprint density at radius 2 is 1.74 bits per heavy atom. The summed E-state index contributed by atoms with van der Waals surface area (Å²) < 4.78 is 1.21. The Morgan fingerprint density at radius 1 is 1.09 bits per heavy atom. The first-order valence-electron chi connectivity index (χ1n) is 6.82. The topological polar surface area (TPSA) is 108 Å². The molecule has 3 N–H and O–H groups in total. The van der Waals surface area contributed by atoms with Crippen LogP contribution in [0.3, 0.4) is 0 Å². The van der Waals surface area contributed by atoms with E-state index in [1.807, 2.05) is 6.07 Å². The monoisotopic (exact) mass is 311 g/mol. The smallest absolute Gasteiger partial charge is 0.348 e. The first-order valence-corrected chi connectivity index (χ1v) is 6.82. The zero-order chi connectivity index (χ0) is 16.4. The molecule has 0 fully saturated rings. The van der Waals surface area contributed by atoms with E-state index >= 15 is 0 Å². The first kappa shape index (κ1) is 14.7. The molecule has 1 unspecified atom stereocenters. The van der Waals surface area contributed by atoms with Gasteiger partial charge in [-0.1, -0.05) is 30.3 Å². The SMILES string of the molecule is O=C(O)c1ccc(-n2c(C(O)c3ccccc3)n[nH]c2=O)cc1. The quantitative estimate of drug-likeness (QED) is 0.674. The van der Waals surface area contributed by atoms with Gasteiger partial charge in [0.15, 0.2) is 5.82 Å². The highest BCUT2D eigenvalue weighted by Crippen LogP contribution is 2.21. The van der Waals surface area contributed by atoms with Crippen LogP contribution in [0.1, 0.15) is 27.8 Å². The third-order valence-electron chi connectivity index (χ3n) is 3.43. The van der Waals surface area contributed by atoms with Crippen molar-refractivity contribution in [1.82, 2.24) is 14.8 Å². The summed E-state index contributed by atoms with van der Waals surface area (Å²) in [6.07, 6.45) is -1.09. The van der Waals surface area contributed by atoms with Gasteiger partial charge in [0.2, 0.25) is 0 Å². The summed E-state index contributed by atoms with van der Waals surface area (Å²) in [5, 5.41) is 25.6. The van der Waals surface area contributed by atoms with Crippen LogP contribution < -0.4 is 5.69 Å². The molecule has 3 aromatic rings. The lowest BCUT2D eigenvalue weighted by Gasteiger charge is -2.12. The second kappa shape index (κ2) is 5.90. The van der Waals surface area contributed by atoms with Crippen molar-refractivity contribution in [2.24, 2.45) is 0 Å². The summed E-state index contributed by atoms with van der Waals surface area (Å²) in [6, 6.07) is 14.6. The molecule has 116 valence electrons. The number of H-pyrrole nitrogens is 1. The van der Waals surface area contributed by atoms with Crippen LogP contribution >= 0.6 is 0 Å². The predicted octanol–water partition coefficient (Wildman–Crippen LogP) is 1.34. The third-order valence-corrected chi connectivity index (χ3v) is 3.43. The van der Waals surface area contributed by atoms with Crippen molar-refractivity contribution in [3.8, 4) is 5.69 Å². The molecule has 0 saturated heterocycles. The molecule has 3 rings (SSSR count). The summed E-state index contributed by atoms with van der Waals surface area (Å²) >= 11 is 0. The van der Waals surface area contributed by atoms with Crippen molar-refractivity contribution in [2.45, 2.75) is 6.10 Å². The standard InChI is InChI=1S/C16H13N3O4/c20-13(10-4-2-1-3-5-10)14-17-18-16(23)19(14)12-8-6-11(7-9-12)15(21)22/h1-9,13,20H,(H,18,23)(H,21,22). The number of rotatable bonds is 4. The molecule has 0 spiro atoms. The maximum atomic E-state index is 12.0. The normalized spacial score (nSPS) is 12.0. The van der Waals surface area contributed by atoms with Crippen molar-refractivity contribution in [1.29, 1.82) is 0 Å². The number of hydrogen-bond donors (Lipinski definition) is 3. The lowest BCUT2D eigenvalue weighted by atomic mass is 10.1. The molecule has 7 nitrogen and oxygen atoms in total. The van der Waals surface area contributed by atoms with E-state index in [9.17, 15) is 14.7 Å². The second-order valence-electron chi connectivity index (χ2n) is 4.89. The number of nitrogens with one attached hydrogen (secondary N) is 1. The number of carboxylic acid groups (broad SMARTS) is 1. The molecule has 0 amide bonds. The van der Waals surface area contributed by atoms with Gasteiger partial charge in [-0.25, -0.2) is 19.3 Å². The fraction of sp³-hybridized carbons (Fsp3) is 0.0625. The Bertz CT molecular complexity index is 882. The van der Waals surface area contributed by atoms with E-state index in [0.29, 0.717) is 11.3 Å². The third kappa shape index (κ3) is 2.77. The van der Waals surface area contributed by atoms with Crippen molar-refractivity contribution in [3.05, 3.63) is 82.0 Å². The van der Waals surface area contributed by atoms with E-state index in [2.05, 4.69) is 10.2 Å². The van der Waals surface area contributed by atoms with E-state index in [0.717, 1.165) is 0 Å². The van der Waals surface area contributed by atoms with Gasteiger partial charge in [0, 0.05) is 0 Å². The van der Waals surface area contributed by atoms with Crippen LogP contribution in [0, 0.1) is 0 Å². The number of carbonyl (C=O) groups is 1. The fourth-order valence-corrected chi connectivity index (χ4v) is 2.28. The van der Waals surface area contributed by atoms with Crippen molar-refractivity contribution >= 4 is 5.97 Å². The van der Waals surface area contributed by atoms with Crippen molar-refractivity contribution < 1.29 is 15.0 Å². The number of aliphatic hydroxyl groups is 1. The van der Waals surface area contributed by atoms with E-state index in [1.54, 1.807) is 24.3 Å². The summed E-state index contributed by atoms with van der Waals surface area (Å²) in [5.74, 6) is -0.926. The highest BCUT2D eigenvalue weighted by molar-refractivity contribution is 5.87. The van der Waals surface area contributed by atoms with Crippen molar-refractivity contribution in [2.75, 3.05) is 0 Å². The highest BCUT2D eigenvalue weighted by Gasteiger charge is 2.20. The Morgan fingerprint density at radius 3 is 2.35 bits per heavy atom. The Hall–Kier alpha value is -3.19. The maximum absolute atomic E-state index is 12.0. The van der Waals surface area contributed by atoms with Crippen LogP contribution in [0.4, 0.5) is 0 Å². The minimum Gasteiger partial charge on any atom is -0.478 e. The van der Waals surface area contributed by atoms with Gasteiger partial charge in [-0.3, -0.25) is 0 Å². The summed E-state index contributed by atoms with van der Waals surface area (Å²) in [4.78, 5) is 22.9. The van der Waals surface area contributed by atoms with Crippen LogP contribution in [0.25, 0.3) is 5.69 Å². The van der Waals surface area contributed by atoms with Crippen LogP contribution in [-0.4, -0.2) is 30.9 Å². The molecular formula is C16H13N3O4. The van der Waals surface area contributed by atoms with E-state index in [4.69, 9.17) is 5.11 Å². The van der Waals surface area contributed by atoms with Gasteiger partial charge in [-0.15, -0.1) is 0 Å². The predicted molar refractivity (Wildman–Crippen MR) is 81.6 cm³/mol. The first-order chi connectivity index (χ1) is 11.1. The number of aromatic nitrogens is 3. The molecule has 23 heavy (non-hydrogen) atoms. The largest absolute Gasteiger partial charge is 0.478 e. The molecule has 0 bridgehead atoms. The van der Waals surface area contributed by atoms with Gasteiger partial charge >= 0.3 is 11.7 Å². The molecule has 0 radical (unpaired) electrons. The zero-order valence-corrected chi connectivity index (χ0v) is 11.9. The molecular weight excluding hydrogens is 298 g/mol. The number of nitrogens with zero attached hydrogens (tertiary/aromatic N) is 2. The lowest BCUT2D eigenvalue weighted by Crippen LogP contribution is -2.19. The highest BCUT2D eigenvalue weighted by atomic mass is 16.4. The zero-order valence-electron chi connectivity index (χ0n) is 11.9. The number of aromatic carboxylic acids is 1. The molecule has 7 heteroatoms. The molecule has 1 heterocycles. The Kier molecular flexibility index (Phi) is 3.78. The average molecular weight is 311 g/mol. The Labute approximate surface area is 130 Å². The second-order valence-corrected chi connectivity index (χ2v) is 4.89.